The molecule has 0 saturated carbocycles. The molecule has 0 amide bonds. The summed E-state index contributed by atoms with van der Waals surface area (Å²) in [4.78, 5) is 17.0. The van der Waals surface area contributed by atoms with E-state index < -0.39 is 0 Å². The summed E-state index contributed by atoms with van der Waals surface area (Å²) in [6.45, 7) is 1.79. The smallest absolute Gasteiger partial charge is 0.195 e. The number of halogens is 2. The average molecular weight is 510 g/mol. The van der Waals surface area contributed by atoms with Crippen LogP contribution in [0.15, 0.2) is 66.7 Å². The van der Waals surface area contributed by atoms with E-state index in [2.05, 4.69) is 11.9 Å². The van der Waals surface area contributed by atoms with Gasteiger partial charge in [0.1, 0.15) is 12.4 Å². The van der Waals surface area contributed by atoms with Gasteiger partial charge in [-0.3, -0.25) is 4.79 Å². The van der Waals surface area contributed by atoms with Gasteiger partial charge in [0, 0.05) is 42.2 Å². The summed E-state index contributed by atoms with van der Waals surface area (Å²) >= 11 is 13.9. The van der Waals surface area contributed by atoms with E-state index in [9.17, 15) is 4.79 Å². The Hall–Kier alpha value is -2.37. The number of ether oxygens (including phenoxy) is 1. The topological polar surface area (TPSA) is 29.5 Å². The van der Waals surface area contributed by atoms with Crippen LogP contribution in [0.2, 0.25) is 10.0 Å². The van der Waals surface area contributed by atoms with Crippen LogP contribution in [0, 0.1) is 0 Å². The Morgan fingerprint density at radius 3 is 2.47 bits per heavy atom. The highest BCUT2D eigenvalue weighted by atomic mass is 35.5. The lowest BCUT2D eigenvalue weighted by Gasteiger charge is -2.32. The van der Waals surface area contributed by atoms with Crippen molar-refractivity contribution in [1.29, 1.82) is 0 Å². The summed E-state index contributed by atoms with van der Waals surface area (Å²) in [5, 5.41) is 2.22. The molecule has 6 heteroatoms. The van der Waals surface area contributed by atoms with Crippen LogP contribution in [-0.2, 0) is 0 Å². The molecule has 3 aromatic carbocycles. The predicted molar refractivity (Wildman–Crippen MR) is 143 cm³/mol. The quantitative estimate of drug-likeness (QED) is 0.247. The monoisotopic (exact) mass is 509 g/mol. The molecule has 1 saturated heterocycles. The van der Waals surface area contributed by atoms with Crippen molar-refractivity contribution in [2.45, 2.75) is 25.3 Å². The molecule has 2 heterocycles. The number of nitrogens with zero attached hydrogens (tertiary/aromatic N) is 1. The van der Waals surface area contributed by atoms with E-state index in [-0.39, 0.29) is 5.78 Å². The molecule has 5 rings (SSSR count). The minimum atomic E-state index is -0.0166. The molecular weight excluding hydrogens is 485 g/mol. The van der Waals surface area contributed by atoms with E-state index in [0.717, 1.165) is 39.2 Å². The van der Waals surface area contributed by atoms with Gasteiger partial charge in [-0.15, -0.1) is 11.3 Å². The number of fused-ring (bicyclic) bond motifs is 1. The fourth-order valence-electron chi connectivity index (χ4n) is 4.49. The zero-order valence-corrected chi connectivity index (χ0v) is 21.2. The van der Waals surface area contributed by atoms with Crippen LogP contribution in [0.25, 0.3) is 20.5 Å². The van der Waals surface area contributed by atoms with Gasteiger partial charge in [0.25, 0.3) is 0 Å². The summed E-state index contributed by atoms with van der Waals surface area (Å²) in [6.07, 6.45) is 3.67. The number of carbonyl (C=O) groups is 1. The van der Waals surface area contributed by atoms with E-state index in [0.29, 0.717) is 33.8 Å². The Kier molecular flexibility index (Phi) is 6.94. The Bertz CT molecular complexity index is 1320. The Morgan fingerprint density at radius 2 is 1.74 bits per heavy atom. The molecule has 1 aliphatic heterocycles. The number of carbonyl (C=O) groups excluding carboxylic acids is 1. The van der Waals surface area contributed by atoms with Crippen molar-refractivity contribution in [1.82, 2.24) is 4.90 Å². The van der Waals surface area contributed by atoms with Gasteiger partial charge in [-0.25, -0.2) is 0 Å². The predicted octanol–water partition coefficient (Wildman–Crippen LogP) is 7.97. The standard InChI is InChI=1S/C28H25Cl2NO2S/c1-31-15-3-2-4-22(31)17-33-23-12-7-18(8-13-23)27(32)26-24-14-11-21(30)16-25(24)34-28(26)19-5-9-20(29)10-6-19/h5-14,16,22H,2-4,15,17H2,1H3. The van der Waals surface area contributed by atoms with Crippen molar-refractivity contribution in [3.05, 3.63) is 87.9 Å². The Labute approximate surface area is 213 Å². The van der Waals surface area contributed by atoms with E-state index in [1.165, 1.54) is 12.8 Å². The fraction of sp³-hybridized carbons (Fsp3) is 0.250. The van der Waals surface area contributed by atoms with Crippen LogP contribution in [0.1, 0.15) is 35.2 Å². The molecule has 0 radical (unpaired) electrons. The summed E-state index contributed by atoms with van der Waals surface area (Å²) < 4.78 is 7.03. The highest BCUT2D eigenvalue weighted by molar-refractivity contribution is 7.22. The SMILES string of the molecule is CN1CCCCC1COc1ccc(C(=O)c2c(-c3ccc(Cl)cc3)sc3cc(Cl)ccc23)cc1. The zero-order chi connectivity index (χ0) is 23.7. The number of rotatable bonds is 6. The maximum atomic E-state index is 13.7. The van der Waals surface area contributed by atoms with E-state index in [4.69, 9.17) is 27.9 Å². The number of likely N-dealkylation sites (tertiary alicyclic amines) is 1. The van der Waals surface area contributed by atoms with Crippen LogP contribution in [0.3, 0.4) is 0 Å². The molecule has 0 N–H and O–H groups in total. The minimum absolute atomic E-state index is 0.0166. The number of piperidine rings is 1. The van der Waals surface area contributed by atoms with Gasteiger partial charge in [0.2, 0.25) is 0 Å². The van der Waals surface area contributed by atoms with Crippen LogP contribution in [0.5, 0.6) is 5.75 Å². The normalized spacial score (nSPS) is 16.6. The molecule has 1 fully saturated rings. The van der Waals surface area contributed by atoms with Gasteiger partial charge in [0.15, 0.2) is 5.78 Å². The van der Waals surface area contributed by atoms with Crippen molar-refractivity contribution >= 4 is 50.4 Å². The molecule has 4 aromatic rings. The zero-order valence-electron chi connectivity index (χ0n) is 18.9. The number of likely N-dealkylation sites (N-methyl/N-ethyl adjacent to an activating group) is 1. The first-order valence-electron chi connectivity index (χ1n) is 11.5. The Morgan fingerprint density at radius 1 is 1.00 bits per heavy atom. The molecule has 3 nitrogen and oxygen atoms in total. The molecule has 174 valence electrons. The minimum Gasteiger partial charge on any atom is -0.492 e. The lowest BCUT2D eigenvalue weighted by Crippen LogP contribution is -2.40. The fourth-order valence-corrected chi connectivity index (χ4v) is 6.10. The second-order valence-electron chi connectivity index (χ2n) is 8.75. The molecule has 1 aliphatic rings. The second kappa shape index (κ2) is 10.1. The first kappa shape index (κ1) is 23.4. The maximum Gasteiger partial charge on any atom is 0.195 e. The summed E-state index contributed by atoms with van der Waals surface area (Å²) in [5.41, 5.74) is 2.28. The maximum absolute atomic E-state index is 13.7. The van der Waals surface area contributed by atoms with E-state index >= 15 is 0 Å². The largest absolute Gasteiger partial charge is 0.492 e. The molecule has 1 unspecified atom stereocenters. The number of hydrogen-bond acceptors (Lipinski definition) is 4. The highest BCUT2D eigenvalue weighted by Gasteiger charge is 2.22. The molecule has 0 aliphatic carbocycles. The Balaban J connectivity index is 1.43. The molecule has 0 spiro atoms. The van der Waals surface area contributed by atoms with Gasteiger partial charge in [0.05, 0.1) is 0 Å². The van der Waals surface area contributed by atoms with Gasteiger partial charge < -0.3 is 9.64 Å². The van der Waals surface area contributed by atoms with Crippen LogP contribution >= 0.6 is 34.5 Å². The molecule has 1 aromatic heterocycles. The van der Waals surface area contributed by atoms with E-state index in [1.807, 2.05) is 66.7 Å². The first-order chi connectivity index (χ1) is 16.5. The lowest BCUT2D eigenvalue weighted by atomic mass is 9.97. The van der Waals surface area contributed by atoms with Crippen molar-refractivity contribution in [3.8, 4) is 16.2 Å². The van der Waals surface area contributed by atoms with Crippen LogP contribution < -0.4 is 4.74 Å². The van der Waals surface area contributed by atoms with Gasteiger partial charge >= 0.3 is 0 Å². The van der Waals surface area contributed by atoms with Gasteiger partial charge in [-0.05, 0) is 80.5 Å². The van der Waals surface area contributed by atoms with Crippen molar-refractivity contribution in [3.63, 3.8) is 0 Å². The van der Waals surface area contributed by atoms with Crippen LogP contribution in [-0.4, -0.2) is 36.9 Å². The molecule has 0 bridgehead atoms. The van der Waals surface area contributed by atoms with Crippen molar-refractivity contribution in [2.75, 3.05) is 20.2 Å². The second-order valence-corrected chi connectivity index (χ2v) is 10.7. The third-order valence-electron chi connectivity index (χ3n) is 6.47. The third-order valence-corrected chi connectivity index (χ3v) is 8.15. The number of hydrogen-bond donors (Lipinski definition) is 0. The van der Waals surface area contributed by atoms with Gasteiger partial charge in [-0.2, -0.15) is 0 Å². The highest BCUT2D eigenvalue weighted by Crippen LogP contribution is 2.41. The molecular formula is C28H25Cl2NO2S. The molecule has 1 atom stereocenters. The lowest BCUT2D eigenvalue weighted by molar-refractivity contribution is 0.104. The van der Waals surface area contributed by atoms with Crippen molar-refractivity contribution in [2.24, 2.45) is 0 Å². The number of ketones is 1. The number of thiophene rings is 1. The molecule has 34 heavy (non-hydrogen) atoms. The third kappa shape index (κ3) is 4.87. The van der Waals surface area contributed by atoms with Crippen LogP contribution in [0.4, 0.5) is 0 Å². The summed E-state index contributed by atoms with van der Waals surface area (Å²) in [6, 6.07) is 21.2. The van der Waals surface area contributed by atoms with E-state index in [1.54, 1.807) is 11.3 Å². The summed E-state index contributed by atoms with van der Waals surface area (Å²) in [7, 11) is 2.16. The van der Waals surface area contributed by atoms with Crippen molar-refractivity contribution < 1.29 is 9.53 Å². The van der Waals surface area contributed by atoms with Gasteiger partial charge in [-0.1, -0.05) is 47.8 Å². The number of benzene rings is 3. The summed E-state index contributed by atoms with van der Waals surface area (Å²) in [5.74, 6) is 0.771. The first-order valence-corrected chi connectivity index (χ1v) is 13.0. The average Bonchev–Trinajstić information content (AvgIpc) is 3.22.